The van der Waals surface area contributed by atoms with Crippen LogP contribution in [0.2, 0.25) is 0 Å². The second-order valence-corrected chi connectivity index (χ2v) is 1.95. The summed E-state index contributed by atoms with van der Waals surface area (Å²) in [6.07, 6.45) is 0. The van der Waals surface area contributed by atoms with Gasteiger partial charge in [0.05, 0.1) is 0 Å². The standard InChI is InChI=1S/C7H10N2O/c10-9-8-6-7-4-2-1-3-5-7/h1-5,8-10H,6H2. The molecule has 54 valence electrons. The molecule has 0 unspecified atom stereocenters. The molecule has 1 aromatic carbocycles. The lowest BCUT2D eigenvalue weighted by molar-refractivity contribution is 0.118. The van der Waals surface area contributed by atoms with Gasteiger partial charge in [0, 0.05) is 6.54 Å². The first kappa shape index (κ1) is 7.21. The van der Waals surface area contributed by atoms with Crippen molar-refractivity contribution >= 4 is 0 Å². The van der Waals surface area contributed by atoms with Gasteiger partial charge in [0.2, 0.25) is 0 Å². The average molecular weight is 138 g/mol. The highest BCUT2D eigenvalue weighted by Crippen LogP contribution is 1.95. The van der Waals surface area contributed by atoms with Crippen molar-refractivity contribution in [1.82, 2.24) is 11.0 Å². The molecular weight excluding hydrogens is 128 g/mol. The molecule has 0 amide bonds. The van der Waals surface area contributed by atoms with E-state index in [-0.39, 0.29) is 0 Å². The van der Waals surface area contributed by atoms with Crippen LogP contribution in [0.1, 0.15) is 5.56 Å². The number of hydrogen-bond acceptors (Lipinski definition) is 3. The van der Waals surface area contributed by atoms with Gasteiger partial charge in [-0.15, -0.1) is 5.59 Å². The zero-order valence-electron chi connectivity index (χ0n) is 5.54. The first-order valence-electron chi connectivity index (χ1n) is 3.09. The highest BCUT2D eigenvalue weighted by Gasteiger charge is 1.85. The third-order valence-corrected chi connectivity index (χ3v) is 1.21. The largest absolute Gasteiger partial charge is 0.302 e. The zero-order chi connectivity index (χ0) is 7.23. The molecule has 0 aliphatic heterocycles. The minimum Gasteiger partial charge on any atom is -0.302 e. The van der Waals surface area contributed by atoms with Crippen molar-refractivity contribution < 1.29 is 5.21 Å². The lowest BCUT2D eigenvalue weighted by Crippen LogP contribution is -2.27. The number of benzene rings is 1. The van der Waals surface area contributed by atoms with Crippen LogP contribution in [0, 0.1) is 0 Å². The summed E-state index contributed by atoms with van der Waals surface area (Å²) in [6.45, 7) is 0.622. The maximum Gasteiger partial charge on any atom is 0.0372 e. The van der Waals surface area contributed by atoms with E-state index < -0.39 is 0 Å². The molecule has 3 heteroatoms. The lowest BCUT2D eigenvalue weighted by Gasteiger charge is -1.99. The van der Waals surface area contributed by atoms with Gasteiger partial charge in [-0.2, -0.15) is 0 Å². The molecular formula is C7H10N2O. The zero-order valence-corrected chi connectivity index (χ0v) is 5.54. The van der Waals surface area contributed by atoms with Crippen LogP contribution in [-0.4, -0.2) is 5.21 Å². The summed E-state index contributed by atoms with van der Waals surface area (Å²) >= 11 is 0. The molecule has 0 fully saturated rings. The summed E-state index contributed by atoms with van der Waals surface area (Å²) in [7, 11) is 0. The monoisotopic (exact) mass is 138 g/mol. The predicted octanol–water partition coefficient (Wildman–Crippen LogP) is 0.670. The molecule has 0 atom stereocenters. The summed E-state index contributed by atoms with van der Waals surface area (Å²) in [6, 6.07) is 9.81. The Morgan fingerprint density at radius 2 is 1.90 bits per heavy atom. The fourth-order valence-corrected chi connectivity index (χ4v) is 0.737. The summed E-state index contributed by atoms with van der Waals surface area (Å²) in [5.74, 6) is 0. The van der Waals surface area contributed by atoms with E-state index in [1.165, 1.54) is 0 Å². The van der Waals surface area contributed by atoms with Gasteiger partial charge in [-0.3, -0.25) is 0 Å². The summed E-state index contributed by atoms with van der Waals surface area (Å²) in [5.41, 5.74) is 5.57. The first-order valence-corrected chi connectivity index (χ1v) is 3.09. The van der Waals surface area contributed by atoms with Crippen molar-refractivity contribution in [2.75, 3.05) is 0 Å². The summed E-state index contributed by atoms with van der Waals surface area (Å²) in [5, 5.41) is 8.17. The maximum absolute atomic E-state index is 8.17. The Hall–Kier alpha value is -0.900. The van der Waals surface area contributed by atoms with E-state index in [2.05, 4.69) is 5.43 Å². The molecule has 0 aliphatic rings. The second kappa shape index (κ2) is 4.00. The third-order valence-electron chi connectivity index (χ3n) is 1.21. The van der Waals surface area contributed by atoms with Gasteiger partial charge in [0.15, 0.2) is 0 Å². The molecule has 1 aromatic rings. The number of nitrogens with one attached hydrogen (secondary N) is 2. The quantitative estimate of drug-likeness (QED) is 0.538. The molecule has 10 heavy (non-hydrogen) atoms. The van der Waals surface area contributed by atoms with Gasteiger partial charge in [0.25, 0.3) is 0 Å². The Morgan fingerprint density at radius 1 is 1.20 bits per heavy atom. The Kier molecular flexibility index (Phi) is 2.89. The van der Waals surface area contributed by atoms with E-state index in [9.17, 15) is 0 Å². The Morgan fingerprint density at radius 3 is 2.50 bits per heavy atom. The molecule has 0 aliphatic carbocycles. The van der Waals surface area contributed by atoms with E-state index >= 15 is 0 Å². The smallest absolute Gasteiger partial charge is 0.0372 e. The van der Waals surface area contributed by atoms with Crippen LogP contribution in [0.3, 0.4) is 0 Å². The normalized spacial score (nSPS) is 9.70. The first-order chi connectivity index (χ1) is 4.93. The maximum atomic E-state index is 8.17. The van der Waals surface area contributed by atoms with E-state index in [1.807, 2.05) is 35.9 Å². The van der Waals surface area contributed by atoms with Gasteiger partial charge in [0.1, 0.15) is 0 Å². The van der Waals surface area contributed by atoms with Gasteiger partial charge < -0.3 is 5.21 Å². The van der Waals surface area contributed by atoms with Crippen LogP contribution >= 0.6 is 0 Å². The van der Waals surface area contributed by atoms with Crippen LogP contribution in [0.15, 0.2) is 30.3 Å². The SMILES string of the molecule is ONNCc1ccccc1. The molecule has 0 saturated carbocycles. The van der Waals surface area contributed by atoms with E-state index in [0.29, 0.717) is 6.54 Å². The van der Waals surface area contributed by atoms with Gasteiger partial charge in [-0.1, -0.05) is 30.3 Å². The second-order valence-electron chi connectivity index (χ2n) is 1.95. The average Bonchev–Trinajstić information content (AvgIpc) is 2.03. The van der Waals surface area contributed by atoms with E-state index in [4.69, 9.17) is 5.21 Å². The lowest BCUT2D eigenvalue weighted by atomic mass is 10.2. The highest BCUT2D eigenvalue weighted by atomic mass is 16.5. The van der Waals surface area contributed by atoms with Crippen molar-refractivity contribution in [1.29, 1.82) is 0 Å². The number of hydrazine groups is 1. The third kappa shape index (κ3) is 2.14. The van der Waals surface area contributed by atoms with Gasteiger partial charge >= 0.3 is 0 Å². The Labute approximate surface area is 59.6 Å². The van der Waals surface area contributed by atoms with Gasteiger partial charge in [-0.05, 0) is 5.56 Å². The highest BCUT2D eigenvalue weighted by molar-refractivity contribution is 5.13. The minimum atomic E-state index is 0.622. The van der Waals surface area contributed by atoms with Crippen molar-refractivity contribution in [3.8, 4) is 0 Å². The molecule has 1 rings (SSSR count). The fraction of sp³-hybridized carbons (Fsp3) is 0.143. The van der Waals surface area contributed by atoms with Crippen LogP contribution in [0.5, 0.6) is 0 Å². The summed E-state index contributed by atoms with van der Waals surface area (Å²) in [4.78, 5) is 0. The predicted molar refractivity (Wildman–Crippen MR) is 38.2 cm³/mol. The molecule has 0 heterocycles. The molecule has 3 nitrogen and oxygen atoms in total. The van der Waals surface area contributed by atoms with Crippen molar-refractivity contribution in [3.05, 3.63) is 35.9 Å². The molecule has 3 N–H and O–H groups in total. The van der Waals surface area contributed by atoms with Crippen LogP contribution in [-0.2, 0) is 6.54 Å². The van der Waals surface area contributed by atoms with Crippen molar-refractivity contribution in [2.45, 2.75) is 6.54 Å². The van der Waals surface area contributed by atoms with E-state index in [1.54, 1.807) is 0 Å². The van der Waals surface area contributed by atoms with Crippen molar-refractivity contribution in [2.24, 2.45) is 0 Å². The number of hydrogen-bond donors (Lipinski definition) is 3. The van der Waals surface area contributed by atoms with Crippen LogP contribution in [0.4, 0.5) is 0 Å². The van der Waals surface area contributed by atoms with Crippen molar-refractivity contribution in [3.63, 3.8) is 0 Å². The van der Waals surface area contributed by atoms with Crippen LogP contribution < -0.4 is 11.0 Å². The molecule has 0 bridgehead atoms. The van der Waals surface area contributed by atoms with Gasteiger partial charge in [-0.25, -0.2) is 5.43 Å². The molecule has 0 aromatic heterocycles. The number of rotatable bonds is 3. The summed E-state index contributed by atoms with van der Waals surface area (Å²) < 4.78 is 0. The Bertz CT molecular complexity index is 176. The Balaban J connectivity index is 2.43. The minimum absolute atomic E-state index is 0.622. The molecule has 0 saturated heterocycles. The van der Waals surface area contributed by atoms with Crippen LogP contribution in [0.25, 0.3) is 0 Å². The molecule has 0 spiro atoms. The molecule has 0 radical (unpaired) electrons. The van der Waals surface area contributed by atoms with E-state index in [0.717, 1.165) is 5.56 Å². The fourth-order valence-electron chi connectivity index (χ4n) is 0.737. The topological polar surface area (TPSA) is 44.3 Å².